The molecule has 0 spiro atoms. The summed E-state index contributed by atoms with van der Waals surface area (Å²) in [6.07, 6.45) is 6.32. The molecule has 0 atom stereocenters. The molecule has 23 heavy (non-hydrogen) atoms. The minimum absolute atomic E-state index is 0.0763. The van der Waals surface area contributed by atoms with Gasteiger partial charge in [0.1, 0.15) is 5.60 Å². The molecule has 6 heteroatoms. The Morgan fingerprint density at radius 3 is 2.26 bits per heavy atom. The number of ether oxygens (including phenoxy) is 1. The highest BCUT2D eigenvalue weighted by Crippen LogP contribution is 2.23. The molecule has 0 radical (unpaired) electrons. The van der Waals surface area contributed by atoms with Gasteiger partial charge in [0.2, 0.25) is 0 Å². The monoisotopic (exact) mass is 325 g/mol. The maximum Gasteiger partial charge on any atom is 0.410 e. The Bertz CT molecular complexity index is 406. The van der Waals surface area contributed by atoms with Gasteiger partial charge in [-0.1, -0.05) is 12.8 Å². The van der Waals surface area contributed by atoms with Crippen LogP contribution in [0.25, 0.3) is 0 Å². The zero-order chi connectivity index (χ0) is 16.9. The number of nitrogens with one attached hydrogen (secondary N) is 2. The molecule has 1 heterocycles. The largest absolute Gasteiger partial charge is 0.444 e. The summed E-state index contributed by atoms with van der Waals surface area (Å²) in [7, 11) is 0. The Balaban J connectivity index is 1.63. The van der Waals surface area contributed by atoms with Crippen LogP contribution < -0.4 is 10.6 Å². The number of urea groups is 1. The highest BCUT2D eigenvalue weighted by molar-refractivity contribution is 5.74. The summed E-state index contributed by atoms with van der Waals surface area (Å²) >= 11 is 0. The van der Waals surface area contributed by atoms with E-state index in [-0.39, 0.29) is 18.2 Å². The van der Waals surface area contributed by atoms with Crippen molar-refractivity contribution in [3.8, 4) is 0 Å². The van der Waals surface area contributed by atoms with E-state index in [0.29, 0.717) is 19.0 Å². The number of hydrogen-bond acceptors (Lipinski definition) is 3. The van der Waals surface area contributed by atoms with Crippen molar-refractivity contribution >= 4 is 12.1 Å². The van der Waals surface area contributed by atoms with Crippen LogP contribution in [0.5, 0.6) is 0 Å². The lowest BCUT2D eigenvalue weighted by Gasteiger charge is -2.33. The molecule has 132 valence electrons. The van der Waals surface area contributed by atoms with Gasteiger partial charge in [-0.15, -0.1) is 0 Å². The minimum Gasteiger partial charge on any atom is -0.444 e. The fourth-order valence-electron chi connectivity index (χ4n) is 3.22. The summed E-state index contributed by atoms with van der Waals surface area (Å²) in [5.74, 6) is 0.648. The van der Waals surface area contributed by atoms with E-state index in [1.165, 1.54) is 25.7 Å². The van der Waals surface area contributed by atoms with Gasteiger partial charge < -0.3 is 20.3 Å². The van der Waals surface area contributed by atoms with E-state index in [4.69, 9.17) is 4.74 Å². The van der Waals surface area contributed by atoms with E-state index in [2.05, 4.69) is 10.6 Å². The van der Waals surface area contributed by atoms with Crippen LogP contribution in [-0.4, -0.2) is 48.3 Å². The molecule has 0 aromatic rings. The maximum atomic E-state index is 12.0. The first kappa shape index (κ1) is 17.9. The fourth-order valence-corrected chi connectivity index (χ4v) is 3.22. The zero-order valence-corrected chi connectivity index (χ0v) is 14.7. The lowest BCUT2D eigenvalue weighted by Crippen LogP contribution is -2.50. The number of likely N-dealkylation sites (tertiary alicyclic amines) is 1. The van der Waals surface area contributed by atoms with Crippen LogP contribution >= 0.6 is 0 Å². The average Bonchev–Trinajstić information content (AvgIpc) is 2.97. The van der Waals surface area contributed by atoms with Gasteiger partial charge in [0.25, 0.3) is 0 Å². The fraction of sp³-hybridized carbons (Fsp3) is 0.882. The van der Waals surface area contributed by atoms with Crippen molar-refractivity contribution in [1.82, 2.24) is 15.5 Å². The van der Waals surface area contributed by atoms with Crippen LogP contribution in [0.1, 0.15) is 59.3 Å². The quantitative estimate of drug-likeness (QED) is 0.838. The first-order valence-electron chi connectivity index (χ1n) is 8.86. The highest BCUT2D eigenvalue weighted by atomic mass is 16.6. The minimum atomic E-state index is -0.466. The average molecular weight is 325 g/mol. The molecular weight excluding hydrogens is 294 g/mol. The van der Waals surface area contributed by atoms with Gasteiger partial charge in [0.05, 0.1) is 0 Å². The lowest BCUT2D eigenvalue weighted by atomic mass is 10.1. The van der Waals surface area contributed by atoms with Crippen LogP contribution in [0.15, 0.2) is 0 Å². The Kier molecular flexibility index (Phi) is 6.13. The summed E-state index contributed by atoms with van der Waals surface area (Å²) in [6.45, 7) is 7.64. The molecular formula is C17H31N3O3. The Labute approximate surface area is 139 Å². The zero-order valence-electron chi connectivity index (χ0n) is 14.7. The lowest BCUT2D eigenvalue weighted by molar-refractivity contribution is 0.0201. The molecule has 1 aliphatic carbocycles. The number of piperidine rings is 1. The molecule has 2 rings (SSSR count). The Morgan fingerprint density at radius 1 is 1.09 bits per heavy atom. The van der Waals surface area contributed by atoms with Crippen LogP contribution in [-0.2, 0) is 4.74 Å². The normalized spacial score (nSPS) is 20.4. The van der Waals surface area contributed by atoms with E-state index in [0.717, 1.165) is 19.4 Å². The SMILES string of the molecule is CC(C)(C)OC(=O)N1CCC(NC(=O)NCC2CCCC2)CC1. The molecule has 2 N–H and O–H groups in total. The van der Waals surface area contributed by atoms with Gasteiger partial charge >= 0.3 is 12.1 Å². The summed E-state index contributed by atoms with van der Waals surface area (Å²) in [4.78, 5) is 25.7. The van der Waals surface area contributed by atoms with Gasteiger partial charge in [0, 0.05) is 25.7 Å². The van der Waals surface area contributed by atoms with Crippen LogP contribution in [0.3, 0.4) is 0 Å². The highest BCUT2D eigenvalue weighted by Gasteiger charge is 2.27. The molecule has 0 aromatic carbocycles. The molecule has 2 aliphatic rings. The van der Waals surface area contributed by atoms with Gasteiger partial charge in [-0.3, -0.25) is 0 Å². The van der Waals surface area contributed by atoms with E-state index in [1.54, 1.807) is 4.90 Å². The summed E-state index contributed by atoms with van der Waals surface area (Å²) in [5, 5.41) is 6.00. The Hall–Kier alpha value is -1.46. The molecule has 0 aromatic heterocycles. The second kappa shape index (κ2) is 7.88. The summed E-state index contributed by atoms with van der Waals surface area (Å²) in [5.41, 5.74) is -0.466. The number of amides is 3. The van der Waals surface area contributed by atoms with Gasteiger partial charge in [0.15, 0.2) is 0 Å². The molecule has 1 saturated heterocycles. The number of rotatable bonds is 3. The molecule has 1 aliphatic heterocycles. The standard InChI is InChI=1S/C17H31N3O3/c1-17(2,3)23-16(22)20-10-8-14(9-11-20)19-15(21)18-12-13-6-4-5-7-13/h13-14H,4-12H2,1-3H3,(H2,18,19,21). The number of nitrogens with zero attached hydrogens (tertiary/aromatic N) is 1. The van der Waals surface area contributed by atoms with Crippen molar-refractivity contribution < 1.29 is 14.3 Å². The molecule has 2 fully saturated rings. The van der Waals surface area contributed by atoms with E-state index in [9.17, 15) is 9.59 Å². The second-order valence-corrected chi connectivity index (χ2v) is 7.75. The molecule has 6 nitrogen and oxygen atoms in total. The smallest absolute Gasteiger partial charge is 0.410 e. The van der Waals surface area contributed by atoms with Crippen molar-refractivity contribution in [3.05, 3.63) is 0 Å². The van der Waals surface area contributed by atoms with Crippen LogP contribution in [0.4, 0.5) is 9.59 Å². The van der Waals surface area contributed by atoms with Gasteiger partial charge in [-0.25, -0.2) is 9.59 Å². The third kappa shape index (κ3) is 6.28. The molecule has 3 amide bonds. The van der Waals surface area contributed by atoms with Crippen molar-refractivity contribution in [1.29, 1.82) is 0 Å². The van der Waals surface area contributed by atoms with E-state index >= 15 is 0 Å². The predicted octanol–water partition coefficient (Wildman–Crippen LogP) is 2.88. The number of carbonyl (C=O) groups excluding carboxylic acids is 2. The predicted molar refractivity (Wildman–Crippen MR) is 89.3 cm³/mol. The van der Waals surface area contributed by atoms with Crippen LogP contribution in [0.2, 0.25) is 0 Å². The summed E-state index contributed by atoms with van der Waals surface area (Å²) < 4.78 is 5.38. The second-order valence-electron chi connectivity index (χ2n) is 7.75. The van der Waals surface area contributed by atoms with Gasteiger partial charge in [-0.05, 0) is 52.4 Å². The third-order valence-corrected chi connectivity index (χ3v) is 4.51. The summed E-state index contributed by atoms with van der Waals surface area (Å²) in [6, 6.07) is 0.0601. The third-order valence-electron chi connectivity index (χ3n) is 4.51. The number of carbonyl (C=O) groups is 2. The van der Waals surface area contributed by atoms with Gasteiger partial charge in [-0.2, -0.15) is 0 Å². The number of hydrogen-bond donors (Lipinski definition) is 2. The molecule has 0 unspecified atom stereocenters. The van der Waals surface area contributed by atoms with E-state index in [1.807, 2.05) is 20.8 Å². The van der Waals surface area contributed by atoms with Crippen molar-refractivity contribution in [3.63, 3.8) is 0 Å². The topological polar surface area (TPSA) is 70.7 Å². The maximum absolute atomic E-state index is 12.0. The van der Waals surface area contributed by atoms with Crippen molar-refractivity contribution in [2.45, 2.75) is 70.9 Å². The van der Waals surface area contributed by atoms with E-state index < -0.39 is 5.60 Å². The molecule has 0 bridgehead atoms. The van der Waals surface area contributed by atoms with Crippen molar-refractivity contribution in [2.75, 3.05) is 19.6 Å². The Morgan fingerprint density at radius 2 is 1.70 bits per heavy atom. The first-order chi connectivity index (χ1) is 10.8. The van der Waals surface area contributed by atoms with Crippen molar-refractivity contribution in [2.24, 2.45) is 5.92 Å². The first-order valence-corrected chi connectivity index (χ1v) is 8.86. The van der Waals surface area contributed by atoms with Crippen LogP contribution in [0, 0.1) is 5.92 Å². The molecule has 1 saturated carbocycles.